The van der Waals surface area contributed by atoms with Crippen molar-refractivity contribution in [2.45, 2.75) is 40.3 Å². The van der Waals surface area contributed by atoms with Crippen molar-refractivity contribution < 1.29 is 4.74 Å². The number of para-hydroxylation sites is 2. The molecule has 2 N–H and O–H groups in total. The number of aromatic nitrogens is 3. The van der Waals surface area contributed by atoms with Crippen LogP contribution in [0.15, 0.2) is 47.6 Å². The molecule has 0 spiro atoms. The van der Waals surface area contributed by atoms with Crippen LogP contribution in [0.3, 0.4) is 0 Å². The van der Waals surface area contributed by atoms with Crippen LogP contribution in [-0.4, -0.2) is 40.2 Å². The van der Waals surface area contributed by atoms with Crippen LogP contribution >= 0.6 is 24.0 Å². The molecule has 0 atom stereocenters. The van der Waals surface area contributed by atoms with Crippen molar-refractivity contribution in [3.63, 3.8) is 0 Å². The summed E-state index contributed by atoms with van der Waals surface area (Å²) in [6.07, 6.45) is 2.71. The molecule has 0 bridgehead atoms. The Hall–Kier alpha value is -2.36. The molecule has 0 unspecified atom stereocenters. The van der Waals surface area contributed by atoms with Crippen molar-refractivity contribution in [1.29, 1.82) is 0 Å². The predicted molar refractivity (Wildman–Crippen MR) is 133 cm³/mol. The summed E-state index contributed by atoms with van der Waals surface area (Å²) in [5, 5.41) is 6.71. The number of guanidine groups is 1. The Bertz CT molecular complexity index is 956. The molecule has 7 nitrogen and oxygen atoms in total. The van der Waals surface area contributed by atoms with E-state index in [2.05, 4.69) is 62.2 Å². The van der Waals surface area contributed by atoms with E-state index < -0.39 is 0 Å². The van der Waals surface area contributed by atoms with E-state index in [1.807, 2.05) is 25.1 Å². The standard InChI is InChI=1S/C22H30N6O.HI/c1-4-23-22(26-16-18-10-8-13-24-21(18)29-5-2)25-14-9-15-28-17(3)27-19-11-6-7-12-20(19)28;/h6-8,10-13H,4-5,9,14-16H2,1-3H3,(H2,23,25,26);1H. The third-order valence-corrected chi connectivity index (χ3v) is 4.58. The normalized spacial score (nSPS) is 11.2. The first-order chi connectivity index (χ1) is 14.2. The number of aryl methyl sites for hydroxylation is 2. The number of halogens is 1. The number of benzene rings is 1. The molecular formula is C22H31IN6O. The van der Waals surface area contributed by atoms with Crippen molar-refractivity contribution in [3.8, 4) is 5.88 Å². The van der Waals surface area contributed by atoms with E-state index in [1.54, 1.807) is 6.20 Å². The quantitative estimate of drug-likeness (QED) is 0.193. The topological polar surface area (TPSA) is 76.4 Å². The van der Waals surface area contributed by atoms with Crippen LogP contribution in [0.1, 0.15) is 31.7 Å². The van der Waals surface area contributed by atoms with Crippen LogP contribution < -0.4 is 15.4 Å². The molecule has 0 aliphatic rings. The molecule has 0 amide bonds. The van der Waals surface area contributed by atoms with Gasteiger partial charge in [-0.1, -0.05) is 18.2 Å². The van der Waals surface area contributed by atoms with E-state index in [9.17, 15) is 0 Å². The molecule has 0 fully saturated rings. The summed E-state index contributed by atoms with van der Waals surface area (Å²) in [4.78, 5) is 13.6. The van der Waals surface area contributed by atoms with Gasteiger partial charge in [0.05, 0.1) is 24.2 Å². The average Bonchev–Trinajstić information content (AvgIpc) is 3.05. The maximum atomic E-state index is 5.59. The van der Waals surface area contributed by atoms with Gasteiger partial charge in [0, 0.05) is 31.4 Å². The fraction of sp³-hybridized carbons (Fsp3) is 0.409. The zero-order valence-corrected chi connectivity index (χ0v) is 20.2. The number of pyridine rings is 1. The third kappa shape index (κ3) is 6.32. The fourth-order valence-corrected chi connectivity index (χ4v) is 3.24. The monoisotopic (exact) mass is 522 g/mol. The fourth-order valence-electron chi connectivity index (χ4n) is 3.24. The smallest absolute Gasteiger partial charge is 0.218 e. The molecule has 0 saturated carbocycles. The number of imidazole rings is 1. The predicted octanol–water partition coefficient (Wildman–Crippen LogP) is 3.90. The van der Waals surface area contributed by atoms with Gasteiger partial charge in [0.1, 0.15) is 5.82 Å². The van der Waals surface area contributed by atoms with E-state index >= 15 is 0 Å². The van der Waals surface area contributed by atoms with Crippen molar-refractivity contribution in [1.82, 2.24) is 25.2 Å². The summed E-state index contributed by atoms with van der Waals surface area (Å²) in [5.74, 6) is 2.50. The molecule has 8 heteroatoms. The summed E-state index contributed by atoms with van der Waals surface area (Å²) in [6, 6.07) is 12.2. The van der Waals surface area contributed by atoms with Gasteiger partial charge in [0.15, 0.2) is 5.96 Å². The van der Waals surface area contributed by atoms with Gasteiger partial charge < -0.3 is 19.9 Å². The van der Waals surface area contributed by atoms with E-state index in [-0.39, 0.29) is 24.0 Å². The third-order valence-electron chi connectivity index (χ3n) is 4.58. The molecule has 2 aromatic heterocycles. The maximum Gasteiger partial charge on any atom is 0.218 e. The molecule has 0 radical (unpaired) electrons. The van der Waals surface area contributed by atoms with Crippen LogP contribution in [0.2, 0.25) is 0 Å². The average molecular weight is 522 g/mol. The molecule has 3 rings (SSSR count). The lowest BCUT2D eigenvalue weighted by Gasteiger charge is -2.13. The molecule has 0 aliphatic carbocycles. The van der Waals surface area contributed by atoms with Gasteiger partial charge in [0.2, 0.25) is 5.88 Å². The number of hydrogen-bond donors (Lipinski definition) is 2. The first-order valence-corrected chi connectivity index (χ1v) is 10.2. The lowest BCUT2D eigenvalue weighted by atomic mass is 10.3. The van der Waals surface area contributed by atoms with Crippen molar-refractivity contribution in [2.75, 3.05) is 19.7 Å². The Morgan fingerprint density at radius 2 is 1.97 bits per heavy atom. The van der Waals surface area contributed by atoms with E-state index in [0.29, 0.717) is 19.0 Å². The van der Waals surface area contributed by atoms with Gasteiger partial charge in [-0.05, 0) is 45.4 Å². The Morgan fingerprint density at radius 3 is 2.77 bits per heavy atom. The number of aliphatic imine (C=N–C) groups is 1. The summed E-state index contributed by atoms with van der Waals surface area (Å²) >= 11 is 0. The summed E-state index contributed by atoms with van der Waals surface area (Å²) in [7, 11) is 0. The number of ether oxygens (including phenoxy) is 1. The van der Waals surface area contributed by atoms with Crippen LogP contribution in [0.25, 0.3) is 11.0 Å². The minimum absolute atomic E-state index is 0. The summed E-state index contributed by atoms with van der Waals surface area (Å²) in [6.45, 7) is 9.73. The number of rotatable bonds is 9. The Morgan fingerprint density at radius 1 is 1.13 bits per heavy atom. The van der Waals surface area contributed by atoms with Crippen LogP contribution in [0.4, 0.5) is 0 Å². The Labute approximate surface area is 195 Å². The van der Waals surface area contributed by atoms with Gasteiger partial charge in [-0.2, -0.15) is 0 Å². The minimum atomic E-state index is 0. The van der Waals surface area contributed by atoms with Gasteiger partial charge >= 0.3 is 0 Å². The number of nitrogens with zero attached hydrogens (tertiary/aromatic N) is 4. The first-order valence-electron chi connectivity index (χ1n) is 10.2. The van der Waals surface area contributed by atoms with Crippen LogP contribution in [0.5, 0.6) is 5.88 Å². The SMILES string of the molecule is CCNC(=NCc1cccnc1OCC)NCCCn1c(C)nc2ccccc21.I. The number of hydrogen-bond acceptors (Lipinski definition) is 4. The van der Waals surface area contributed by atoms with Crippen molar-refractivity contribution in [3.05, 3.63) is 54.0 Å². The second-order valence-corrected chi connectivity index (χ2v) is 6.68. The number of nitrogens with one attached hydrogen (secondary N) is 2. The molecule has 30 heavy (non-hydrogen) atoms. The van der Waals surface area contributed by atoms with E-state index in [1.165, 1.54) is 5.52 Å². The molecule has 2 heterocycles. The molecule has 1 aromatic carbocycles. The molecule has 0 saturated heterocycles. The number of fused-ring (bicyclic) bond motifs is 1. The van der Waals surface area contributed by atoms with Crippen molar-refractivity contribution >= 4 is 41.0 Å². The van der Waals surface area contributed by atoms with E-state index in [0.717, 1.165) is 48.9 Å². The summed E-state index contributed by atoms with van der Waals surface area (Å²) < 4.78 is 7.85. The van der Waals surface area contributed by atoms with Crippen molar-refractivity contribution in [2.24, 2.45) is 4.99 Å². The highest BCUT2D eigenvalue weighted by Crippen LogP contribution is 2.16. The lowest BCUT2D eigenvalue weighted by molar-refractivity contribution is 0.323. The lowest BCUT2D eigenvalue weighted by Crippen LogP contribution is -2.38. The Kier molecular flexibility index (Phi) is 9.85. The molecule has 0 aliphatic heterocycles. The van der Waals surface area contributed by atoms with Crippen LogP contribution in [0, 0.1) is 6.92 Å². The molecule has 162 valence electrons. The second-order valence-electron chi connectivity index (χ2n) is 6.68. The highest BCUT2D eigenvalue weighted by Gasteiger charge is 2.07. The maximum absolute atomic E-state index is 5.59. The van der Waals surface area contributed by atoms with Gasteiger partial charge in [-0.3, -0.25) is 0 Å². The second kappa shape index (κ2) is 12.4. The molecule has 3 aromatic rings. The zero-order valence-electron chi connectivity index (χ0n) is 17.9. The largest absolute Gasteiger partial charge is 0.478 e. The van der Waals surface area contributed by atoms with Crippen LogP contribution in [-0.2, 0) is 13.1 Å². The minimum Gasteiger partial charge on any atom is -0.478 e. The highest BCUT2D eigenvalue weighted by molar-refractivity contribution is 14.0. The zero-order chi connectivity index (χ0) is 20.5. The Balaban J connectivity index is 0.00000320. The van der Waals surface area contributed by atoms with Gasteiger partial charge in [0.25, 0.3) is 0 Å². The first kappa shape index (κ1) is 23.9. The molecular weight excluding hydrogens is 491 g/mol. The summed E-state index contributed by atoms with van der Waals surface area (Å²) in [5.41, 5.74) is 3.21. The van der Waals surface area contributed by atoms with Gasteiger partial charge in [-0.15, -0.1) is 24.0 Å². The van der Waals surface area contributed by atoms with Gasteiger partial charge in [-0.25, -0.2) is 15.0 Å². The van der Waals surface area contributed by atoms with E-state index in [4.69, 9.17) is 4.74 Å². The highest BCUT2D eigenvalue weighted by atomic mass is 127.